The number of aryl methyl sites for hydroxylation is 1. The third-order valence-corrected chi connectivity index (χ3v) is 3.64. The predicted octanol–water partition coefficient (Wildman–Crippen LogP) is 4.96. The van der Waals surface area contributed by atoms with Gasteiger partial charge in [-0.15, -0.1) is 0 Å². The number of hydrogen-bond acceptors (Lipinski definition) is 1. The van der Waals surface area contributed by atoms with Gasteiger partial charge in [-0.1, -0.05) is 39.7 Å². The summed E-state index contributed by atoms with van der Waals surface area (Å²) in [5.74, 6) is -0.621. The molecule has 6 heteroatoms. The van der Waals surface area contributed by atoms with Gasteiger partial charge >= 0.3 is 6.18 Å². The van der Waals surface area contributed by atoms with Crippen molar-refractivity contribution >= 4 is 15.9 Å². The molecular formula is C15H12BrF4N. The Morgan fingerprint density at radius 3 is 2.33 bits per heavy atom. The summed E-state index contributed by atoms with van der Waals surface area (Å²) in [6.07, 6.45) is -4.56. The highest BCUT2D eigenvalue weighted by Crippen LogP contribution is 2.37. The molecule has 0 spiro atoms. The lowest BCUT2D eigenvalue weighted by molar-refractivity contribution is -0.138. The second-order valence-corrected chi connectivity index (χ2v) is 5.65. The Hall–Kier alpha value is -1.40. The average Bonchev–Trinajstić information content (AvgIpc) is 2.40. The average molecular weight is 362 g/mol. The number of hydrogen-bond donors (Lipinski definition) is 1. The molecule has 1 unspecified atom stereocenters. The lowest BCUT2D eigenvalue weighted by Crippen LogP contribution is -2.19. The van der Waals surface area contributed by atoms with Gasteiger partial charge in [0.2, 0.25) is 0 Å². The minimum absolute atomic E-state index is 0.0443. The maximum Gasteiger partial charge on any atom is 0.416 e. The summed E-state index contributed by atoms with van der Waals surface area (Å²) in [7, 11) is 0. The van der Waals surface area contributed by atoms with E-state index in [1.54, 1.807) is 6.92 Å². The summed E-state index contributed by atoms with van der Waals surface area (Å²) in [5.41, 5.74) is 5.62. The first-order chi connectivity index (χ1) is 9.70. The van der Waals surface area contributed by atoms with Crippen molar-refractivity contribution in [3.8, 4) is 0 Å². The molecule has 2 N–H and O–H groups in total. The van der Waals surface area contributed by atoms with Crippen molar-refractivity contribution in [2.24, 2.45) is 5.73 Å². The van der Waals surface area contributed by atoms with E-state index < -0.39 is 23.6 Å². The molecule has 2 aromatic carbocycles. The molecule has 1 nitrogen and oxygen atoms in total. The van der Waals surface area contributed by atoms with Crippen LogP contribution in [0.25, 0.3) is 0 Å². The van der Waals surface area contributed by atoms with E-state index in [1.165, 1.54) is 30.3 Å². The highest BCUT2D eigenvalue weighted by molar-refractivity contribution is 9.10. The monoisotopic (exact) mass is 361 g/mol. The Kier molecular flexibility index (Phi) is 4.39. The van der Waals surface area contributed by atoms with Crippen molar-refractivity contribution in [1.29, 1.82) is 0 Å². The molecule has 0 aliphatic heterocycles. The van der Waals surface area contributed by atoms with Crippen LogP contribution in [0.2, 0.25) is 0 Å². The zero-order chi connectivity index (χ0) is 15.8. The second kappa shape index (κ2) is 5.77. The van der Waals surface area contributed by atoms with Gasteiger partial charge in [0.25, 0.3) is 0 Å². The topological polar surface area (TPSA) is 26.0 Å². The van der Waals surface area contributed by atoms with E-state index in [1.807, 2.05) is 0 Å². The summed E-state index contributed by atoms with van der Waals surface area (Å²) in [6.45, 7) is 1.72. The van der Waals surface area contributed by atoms with E-state index in [9.17, 15) is 17.6 Å². The summed E-state index contributed by atoms with van der Waals surface area (Å²) in [5, 5.41) is 0. The number of rotatable bonds is 2. The summed E-state index contributed by atoms with van der Waals surface area (Å²) >= 11 is 3.01. The predicted molar refractivity (Wildman–Crippen MR) is 76.3 cm³/mol. The van der Waals surface area contributed by atoms with Crippen molar-refractivity contribution < 1.29 is 17.6 Å². The van der Waals surface area contributed by atoms with Crippen molar-refractivity contribution in [3.63, 3.8) is 0 Å². The molecule has 0 saturated heterocycles. The van der Waals surface area contributed by atoms with Gasteiger partial charge in [0.05, 0.1) is 11.6 Å². The molecule has 2 aromatic rings. The molecule has 0 saturated carbocycles. The first-order valence-electron chi connectivity index (χ1n) is 6.08. The number of benzene rings is 2. The molecule has 112 valence electrons. The van der Waals surface area contributed by atoms with Crippen LogP contribution in [0.3, 0.4) is 0 Å². The van der Waals surface area contributed by atoms with Gasteiger partial charge < -0.3 is 5.73 Å². The zero-order valence-electron chi connectivity index (χ0n) is 11.0. The Labute approximate surface area is 127 Å². The molecule has 0 amide bonds. The molecule has 0 aromatic heterocycles. The highest BCUT2D eigenvalue weighted by atomic mass is 79.9. The van der Waals surface area contributed by atoms with Crippen LogP contribution in [0, 0.1) is 12.7 Å². The molecule has 0 radical (unpaired) electrons. The standard InChI is InChI=1S/C15H12BrF4N/c1-8-2-5-13(17)11(6-8)14(21)10-4-3-9(16)7-12(10)15(18,19)20/h2-7,14H,21H2,1H3. The van der Waals surface area contributed by atoms with Crippen molar-refractivity contribution in [2.45, 2.75) is 19.1 Å². The fourth-order valence-electron chi connectivity index (χ4n) is 2.11. The zero-order valence-corrected chi connectivity index (χ0v) is 12.6. The lowest BCUT2D eigenvalue weighted by Gasteiger charge is -2.20. The van der Waals surface area contributed by atoms with Crippen LogP contribution >= 0.6 is 15.9 Å². The normalized spacial score (nSPS) is 13.3. The first kappa shape index (κ1) is 16.0. The molecule has 0 aliphatic rings. The van der Waals surface area contributed by atoms with Gasteiger partial charge in [0.15, 0.2) is 0 Å². The van der Waals surface area contributed by atoms with Gasteiger partial charge in [0.1, 0.15) is 5.82 Å². The fraction of sp³-hybridized carbons (Fsp3) is 0.200. The van der Waals surface area contributed by atoms with E-state index >= 15 is 0 Å². The maximum absolute atomic E-state index is 13.8. The first-order valence-corrected chi connectivity index (χ1v) is 6.87. The van der Waals surface area contributed by atoms with Crippen LogP contribution in [-0.2, 0) is 6.18 Å². The van der Waals surface area contributed by atoms with Crippen LogP contribution in [0.1, 0.15) is 28.3 Å². The van der Waals surface area contributed by atoms with E-state index in [-0.39, 0.29) is 15.6 Å². The van der Waals surface area contributed by atoms with Crippen LogP contribution in [0.4, 0.5) is 17.6 Å². The SMILES string of the molecule is Cc1ccc(F)c(C(N)c2ccc(Br)cc2C(F)(F)F)c1. The Bertz CT molecular complexity index is 667. The second-order valence-electron chi connectivity index (χ2n) is 4.73. The van der Waals surface area contributed by atoms with E-state index in [4.69, 9.17) is 5.73 Å². The molecule has 2 rings (SSSR count). The van der Waals surface area contributed by atoms with Crippen molar-refractivity contribution in [2.75, 3.05) is 0 Å². The maximum atomic E-state index is 13.8. The van der Waals surface area contributed by atoms with Gasteiger partial charge in [-0.3, -0.25) is 0 Å². The molecule has 0 aliphatic carbocycles. The van der Waals surface area contributed by atoms with E-state index in [0.29, 0.717) is 0 Å². The van der Waals surface area contributed by atoms with Crippen molar-refractivity contribution in [1.82, 2.24) is 0 Å². The highest BCUT2D eigenvalue weighted by Gasteiger charge is 2.35. The molecule has 21 heavy (non-hydrogen) atoms. The van der Waals surface area contributed by atoms with Gasteiger partial charge in [-0.05, 0) is 30.7 Å². The van der Waals surface area contributed by atoms with Crippen LogP contribution in [0.5, 0.6) is 0 Å². The largest absolute Gasteiger partial charge is 0.416 e. The Morgan fingerprint density at radius 1 is 1.05 bits per heavy atom. The lowest BCUT2D eigenvalue weighted by atomic mass is 9.93. The third-order valence-electron chi connectivity index (χ3n) is 3.14. The quantitative estimate of drug-likeness (QED) is 0.751. The molecule has 0 bridgehead atoms. The van der Waals surface area contributed by atoms with E-state index in [2.05, 4.69) is 15.9 Å². The van der Waals surface area contributed by atoms with Crippen LogP contribution in [-0.4, -0.2) is 0 Å². The summed E-state index contributed by atoms with van der Waals surface area (Å²) < 4.78 is 53.5. The fourth-order valence-corrected chi connectivity index (χ4v) is 2.48. The molecule has 0 heterocycles. The van der Waals surface area contributed by atoms with Gasteiger partial charge in [-0.2, -0.15) is 13.2 Å². The Morgan fingerprint density at radius 2 is 1.71 bits per heavy atom. The van der Waals surface area contributed by atoms with E-state index in [0.717, 1.165) is 11.6 Å². The molecular weight excluding hydrogens is 350 g/mol. The van der Waals surface area contributed by atoms with Gasteiger partial charge in [0, 0.05) is 10.0 Å². The Balaban J connectivity index is 2.58. The van der Waals surface area contributed by atoms with Crippen LogP contribution < -0.4 is 5.73 Å². The number of halogens is 5. The minimum atomic E-state index is -4.56. The molecule has 0 fully saturated rings. The van der Waals surface area contributed by atoms with Crippen molar-refractivity contribution in [3.05, 3.63) is 68.9 Å². The smallest absolute Gasteiger partial charge is 0.320 e. The number of nitrogens with two attached hydrogens (primary N) is 1. The summed E-state index contributed by atoms with van der Waals surface area (Å²) in [6, 6.07) is 6.69. The summed E-state index contributed by atoms with van der Waals surface area (Å²) in [4.78, 5) is 0. The molecule has 1 atom stereocenters. The third kappa shape index (κ3) is 3.44. The van der Waals surface area contributed by atoms with Crippen LogP contribution in [0.15, 0.2) is 40.9 Å². The number of alkyl halides is 3. The van der Waals surface area contributed by atoms with Gasteiger partial charge in [-0.25, -0.2) is 4.39 Å². The minimum Gasteiger partial charge on any atom is -0.320 e.